The van der Waals surface area contributed by atoms with Gasteiger partial charge in [-0.25, -0.2) is 9.97 Å². The van der Waals surface area contributed by atoms with Gasteiger partial charge in [0.2, 0.25) is 5.91 Å². The van der Waals surface area contributed by atoms with Gasteiger partial charge in [0.05, 0.1) is 11.9 Å². The van der Waals surface area contributed by atoms with Gasteiger partial charge in [-0.15, -0.1) is 0 Å². The van der Waals surface area contributed by atoms with Crippen LogP contribution < -0.4 is 20.3 Å². The lowest BCUT2D eigenvalue weighted by molar-refractivity contribution is -0.120. The van der Waals surface area contributed by atoms with E-state index in [1.54, 1.807) is 6.33 Å². The molecule has 0 spiro atoms. The molecule has 5 rings (SSSR count). The molecule has 168 valence electrons. The number of ether oxygens (including phenoxy) is 1. The van der Waals surface area contributed by atoms with Crippen LogP contribution in [0.5, 0.6) is 11.5 Å². The second-order valence-electron chi connectivity index (χ2n) is 8.09. The Bertz CT molecular complexity index is 1230. The summed E-state index contributed by atoms with van der Waals surface area (Å²) in [7, 11) is 0. The zero-order valence-corrected chi connectivity index (χ0v) is 18.2. The quantitative estimate of drug-likeness (QED) is 0.401. The molecule has 33 heavy (non-hydrogen) atoms. The highest BCUT2D eigenvalue weighted by Gasteiger charge is 2.23. The van der Waals surface area contributed by atoms with Crippen LogP contribution in [0.15, 0.2) is 73.2 Å². The standard InChI is InChI=1S/C25H26N6O2/c32-23(15-27-18-6-4-10-21(14-18)33-20-8-2-1-3-9-20)30-19-7-5-13-31(16-19)25-22-11-12-26-24(22)28-17-29-25/h1-4,6,8-12,14,17,19,27H,5,7,13,15-16H2,(H,30,32)(H,26,28,29). The van der Waals surface area contributed by atoms with Gasteiger partial charge >= 0.3 is 0 Å². The molecule has 1 saturated heterocycles. The van der Waals surface area contributed by atoms with Crippen LogP contribution in [0.4, 0.5) is 11.5 Å². The predicted octanol–water partition coefficient (Wildman–Crippen LogP) is 3.95. The Morgan fingerprint density at radius 3 is 2.88 bits per heavy atom. The second-order valence-corrected chi connectivity index (χ2v) is 8.09. The molecular formula is C25H26N6O2. The average Bonchev–Trinajstić information content (AvgIpc) is 3.33. The fourth-order valence-corrected chi connectivity index (χ4v) is 4.15. The van der Waals surface area contributed by atoms with Crippen LogP contribution in [0.25, 0.3) is 11.0 Å². The van der Waals surface area contributed by atoms with Crippen molar-refractivity contribution in [3.8, 4) is 11.5 Å². The van der Waals surface area contributed by atoms with E-state index in [9.17, 15) is 4.79 Å². The molecule has 1 amide bonds. The lowest BCUT2D eigenvalue weighted by Gasteiger charge is -2.34. The minimum absolute atomic E-state index is 0.0364. The maximum atomic E-state index is 12.6. The highest BCUT2D eigenvalue weighted by molar-refractivity contribution is 5.87. The summed E-state index contributed by atoms with van der Waals surface area (Å²) in [6, 6.07) is 19.3. The monoisotopic (exact) mass is 442 g/mol. The lowest BCUT2D eigenvalue weighted by atomic mass is 10.1. The van der Waals surface area contributed by atoms with Crippen molar-refractivity contribution in [1.82, 2.24) is 20.3 Å². The highest BCUT2D eigenvalue weighted by Crippen LogP contribution is 2.25. The molecule has 3 N–H and O–H groups in total. The van der Waals surface area contributed by atoms with Crippen LogP contribution in [0.2, 0.25) is 0 Å². The van der Waals surface area contributed by atoms with Gasteiger partial charge in [0, 0.05) is 37.1 Å². The zero-order valence-electron chi connectivity index (χ0n) is 18.2. The van der Waals surface area contributed by atoms with Crippen LogP contribution in [-0.4, -0.2) is 46.5 Å². The molecule has 0 radical (unpaired) electrons. The lowest BCUT2D eigenvalue weighted by Crippen LogP contribution is -2.49. The number of carbonyl (C=O) groups excluding carboxylic acids is 1. The third-order valence-corrected chi connectivity index (χ3v) is 5.68. The van der Waals surface area contributed by atoms with Crippen molar-refractivity contribution in [2.24, 2.45) is 0 Å². The van der Waals surface area contributed by atoms with Gasteiger partial charge in [0.25, 0.3) is 0 Å². The number of amides is 1. The van der Waals surface area contributed by atoms with E-state index in [0.29, 0.717) is 0 Å². The maximum Gasteiger partial charge on any atom is 0.239 e. The van der Waals surface area contributed by atoms with Gasteiger partial charge in [-0.2, -0.15) is 0 Å². The first kappa shape index (κ1) is 20.8. The van der Waals surface area contributed by atoms with E-state index in [1.807, 2.05) is 66.9 Å². The second kappa shape index (κ2) is 9.60. The summed E-state index contributed by atoms with van der Waals surface area (Å²) in [6.07, 6.45) is 5.39. The predicted molar refractivity (Wildman–Crippen MR) is 129 cm³/mol. The van der Waals surface area contributed by atoms with Crippen LogP contribution >= 0.6 is 0 Å². The van der Waals surface area contributed by atoms with E-state index in [4.69, 9.17) is 4.74 Å². The van der Waals surface area contributed by atoms with Gasteiger partial charge in [-0.3, -0.25) is 4.79 Å². The number of fused-ring (bicyclic) bond motifs is 1. The third kappa shape index (κ3) is 5.06. The number of anilines is 2. The number of hydrogen-bond donors (Lipinski definition) is 3. The van der Waals surface area contributed by atoms with Crippen LogP contribution in [0.3, 0.4) is 0 Å². The summed E-state index contributed by atoms with van der Waals surface area (Å²) in [5, 5.41) is 7.36. The molecule has 0 saturated carbocycles. The zero-order chi connectivity index (χ0) is 22.5. The van der Waals surface area contributed by atoms with E-state index >= 15 is 0 Å². The molecule has 2 aromatic carbocycles. The van der Waals surface area contributed by atoms with E-state index in [1.165, 1.54) is 0 Å². The SMILES string of the molecule is O=C(CNc1cccc(Oc2ccccc2)c1)NC1CCCN(c2ncnc3[nH]ccc23)C1. The Balaban J connectivity index is 1.15. The molecule has 0 aliphatic carbocycles. The van der Waals surface area contributed by atoms with Crippen LogP contribution in [0, 0.1) is 0 Å². The van der Waals surface area contributed by atoms with Crippen molar-refractivity contribution in [2.45, 2.75) is 18.9 Å². The number of hydrogen-bond acceptors (Lipinski definition) is 6. The van der Waals surface area contributed by atoms with Crippen LogP contribution in [-0.2, 0) is 4.79 Å². The number of carbonyl (C=O) groups is 1. The number of benzene rings is 2. The average molecular weight is 443 g/mol. The first-order valence-electron chi connectivity index (χ1n) is 11.1. The molecule has 2 aromatic heterocycles. The minimum Gasteiger partial charge on any atom is -0.457 e. The number of piperidine rings is 1. The topological polar surface area (TPSA) is 95.2 Å². The van der Waals surface area contributed by atoms with Gasteiger partial charge in [0.15, 0.2) is 0 Å². The van der Waals surface area contributed by atoms with E-state index in [-0.39, 0.29) is 18.5 Å². The smallest absolute Gasteiger partial charge is 0.239 e. The number of aromatic nitrogens is 3. The first-order valence-corrected chi connectivity index (χ1v) is 11.1. The molecule has 0 bridgehead atoms. The van der Waals surface area contributed by atoms with Gasteiger partial charge < -0.3 is 25.3 Å². The molecule has 1 aliphatic heterocycles. The Labute approximate surface area is 192 Å². The maximum absolute atomic E-state index is 12.6. The molecule has 8 heteroatoms. The normalized spacial score (nSPS) is 15.9. The fraction of sp³-hybridized carbons (Fsp3) is 0.240. The van der Waals surface area contributed by atoms with Gasteiger partial charge in [-0.1, -0.05) is 24.3 Å². The summed E-state index contributed by atoms with van der Waals surface area (Å²) in [5.74, 6) is 2.37. The van der Waals surface area contributed by atoms with Gasteiger partial charge in [-0.05, 0) is 43.2 Å². The summed E-state index contributed by atoms with van der Waals surface area (Å²) < 4.78 is 5.87. The largest absolute Gasteiger partial charge is 0.457 e. The number of rotatable bonds is 7. The summed E-state index contributed by atoms with van der Waals surface area (Å²) >= 11 is 0. The summed E-state index contributed by atoms with van der Waals surface area (Å²) in [5.41, 5.74) is 1.66. The third-order valence-electron chi connectivity index (χ3n) is 5.68. The first-order chi connectivity index (χ1) is 16.2. The van der Waals surface area contributed by atoms with Crippen molar-refractivity contribution in [3.05, 3.63) is 73.2 Å². The number of nitrogens with one attached hydrogen (secondary N) is 3. The Hall–Kier alpha value is -4.07. The van der Waals surface area contributed by atoms with Gasteiger partial charge in [0.1, 0.15) is 29.3 Å². The highest BCUT2D eigenvalue weighted by atomic mass is 16.5. The molecule has 1 atom stereocenters. The van der Waals surface area contributed by atoms with Crippen LogP contribution in [0.1, 0.15) is 12.8 Å². The number of H-pyrrole nitrogens is 1. The Morgan fingerprint density at radius 2 is 1.97 bits per heavy atom. The molecular weight excluding hydrogens is 416 g/mol. The van der Waals surface area contributed by atoms with Crippen molar-refractivity contribution < 1.29 is 9.53 Å². The van der Waals surface area contributed by atoms with E-state index in [2.05, 4.69) is 30.5 Å². The summed E-state index contributed by atoms with van der Waals surface area (Å²) in [6.45, 7) is 1.83. The van der Waals surface area contributed by atoms with E-state index < -0.39 is 0 Å². The Kier molecular flexibility index (Phi) is 6.06. The molecule has 3 heterocycles. The van der Waals surface area contributed by atoms with Crippen molar-refractivity contribution in [1.29, 1.82) is 0 Å². The molecule has 1 fully saturated rings. The molecule has 4 aromatic rings. The van der Waals surface area contributed by atoms with Crippen molar-refractivity contribution in [2.75, 3.05) is 29.9 Å². The Morgan fingerprint density at radius 1 is 1.09 bits per heavy atom. The molecule has 1 aliphatic rings. The molecule has 8 nitrogen and oxygen atoms in total. The summed E-state index contributed by atoms with van der Waals surface area (Å²) in [4.78, 5) is 26.7. The van der Waals surface area contributed by atoms with Crippen molar-refractivity contribution in [3.63, 3.8) is 0 Å². The minimum atomic E-state index is -0.0364. The fourth-order valence-electron chi connectivity index (χ4n) is 4.15. The number of nitrogens with zero attached hydrogens (tertiary/aromatic N) is 3. The van der Waals surface area contributed by atoms with Crippen molar-refractivity contribution >= 4 is 28.4 Å². The molecule has 1 unspecified atom stereocenters. The van der Waals surface area contributed by atoms with E-state index in [0.717, 1.165) is 60.0 Å². The number of aromatic amines is 1. The number of para-hydroxylation sites is 1.